The summed E-state index contributed by atoms with van der Waals surface area (Å²) in [5.41, 5.74) is 0.730. The van der Waals surface area contributed by atoms with Gasteiger partial charge in [0.2, 0.25) is 0 Å². The van der Waals surface area contributed by atoms with Gasteiger partial charge < -0.3 is 15.0 Å². The minimum atomic E-state index is -0.913. The molecule has 27 heavy (non-hydrogen) atoms. The lowest BCUT2D eigenvalue weighted by molar-refractivity contribution is -0.306. The standard InChI is InChI=1S/C24H40O3/c1-15(7-10-21(26)27)17-8-9-18-22-19(11-13-24(17,18)3)23(2)12-5-4-6-16(23)14-20(22)25/h15-20,22,25H,4-14H2,1-3H3,(H,26,27)/p-1/t15-,16-,17+,18+,19-,20+,22+,23-,24+/m0/s1. The van der Waals surface area contributed by atoms with Crippen molar-refractivity contribution in [1.29, 1.82) is 0 Å². The van der Waals surface area contributed by atoms with Crippen molar-refractivity contribution in [3.05, 3.63) is 0 Å². The number of rotatable bonds is 4. The second-order valence-electron chi connectivity index (χ2n) is 11.2. The molecule has 0 heterocycles. The van der Waals surface area contributed by atoms with Crippen molar-refractivity contribution < 1.29 is 15.0 Å². The summed E-state index contributed by atoms with van der Waals surface area (Å²) >= 11 is 0. The molecule has 3 heteroatoms. The van der Waals surface area contributed by atoms with Crippen LogP contribution in [0.1, 0.15) is 91.4 Å². The van der Waals surface area contributed by atoms with Crippen molar-refractivity contribution in [1.82, 2.24) is 0 Å². The zero-order valence-electron chi connectivity index (χ0n) is 17.6. The number of carboxylic acid groups (broad SMARTS) is 1. The molecular weight excluding hydrogens is 336 g/mol. The third-order valence-corrected chi connectivity index (χ3v) is 10.2. The van der Waals surface area contributed by atoms with Crippen LogP contribution in [-0.4, -0.2) is 17.2 Å². The molecule has 0 aromatic carbocycles. The van der Waals surface area contributed by atoms with E-state index in [2.05, 4.69) is 20.8 Å². The lowest BCUT2D eigenvalue weighted by atomic mass is 9.44. The molecule has 0 aromatic rings. The van der Waals surface area contributed by atoms with Gasteiger partial charge in [-0.05, 0) is 104 Å². The minimum Gasteiger partial charge on any atom is -0.550 e. The highest BCUT2D eigenvalue weighted by atomic mass is 16.4. The number of carbonyl (C=O) groups is 1. The molecule has 3 nitrogen and oxygen atoms in total. The van der Waals surface area contributed by atoms with Crippen LogP contribution >= 0.6 is 0 Å². The second-order valence-corrected chi connectivity index (χ2v) is 11.2. The average molecular weight is 376 g/mol. The molecule has 4 saturated carbocycles. The van der Waals surface area contributed by atoms with Crippen LogP contribution in [0, 0.1) is 46.3 Å². The highest BCUT2D eigenvalue weighted by molar-refractivity contribution is 5.64. The topological polar surface area (TPSA) is 60.4 Å². The average Bonchev–Trinajstić information content (AvgIpc) is 2.97. The van der Waals surface area contributed by atoms with Crippen LogP contribution in [-0.2, 0) is 4.79 Å². The van der Waals surface area contributed by atoms with Gasteiger partial charge in [0.15, 0.2) is 0 Å². The lowest BCUT2D eigenvalue weighted by Crippen LogP contribution is -2.57. The Hall–Kier alpha value is -0.570. The summed E-state index contributed by atoms with van der Waals surface area (Å²) in [6, 6.07) is 0. The highest BCUT2D eigenvalue weighted by Gasteiger charge is 2.62. The third-order valence-electron chi connectivity index (χ3n) is 10.2. The maximum absolute atomic E-state index is 11.2. The van der Waals surface area contributed by atoms with Crippen LogP contribution in [0.5, 0.6) is 0 Å². The van der Waals surface area contributed by atoms with Crippen LogP contribution in [0.15, 0.2) is 0 Å². The molecule has 4 aliphatic carbocycles. The number of hydrogen-bond acceptors (Lipinski definition) is 3. The Bertz CT molecular complexity index is 574. The molecule has 4 aliphatic rings. The van der Waals surface area contributed by atoms with Crippen molar-refractivity contribution >= 4 is 5.97 Å². The van der Waals surface area contributed by atoms with Gasteiger partial charge in [-0.1, -0.05) is 33.6 Å². The molecule has 4 rings (SSSR count). The molecule has 0 radical (unpaired) electrons. The molecule has 0 aliphatic heterocycles. The number of carbonyl (C=O) groups excluding carboxylic acids is 1. The largest absolute Gasteiger partial charge is 0.550 e. The quantitative estimate of drug-likeness (QED) is 0.802. The first kappa shape index (κ1) is 19.7. The fourth-order valence-electron chi connectivity index (χ4n) is 8.78. The number of hydrogen-bond donors (Lipinski definition) is 1. The van der Waals surface area contributed by atoms with E-state index in [1.165, 1.54) is 51.4 Å². The smallest absolute Gasteiger partial charge is 0.0577 e. The third kappa shape index (κ3) is 3.07. The molecule has 0 bridgehead atoms. The van der Waals surface area contributed by atoms with Gasteiger partial charge in [-0.2, -0.15) is 0 Å². The number of aliphatic carboxylic acids is 1. The Morgan fingerprint density at radius 3 is 2.56 bits per heavy atom. The number of aliphatic hydroxyl groups excluding tert-OH is 1. The van der Waals surface area contributed by atoms with Gasteiger partial charge in [-0.25, -0.2) is 0 Å². The van der Waals surface area contributed by atoms with Gasteiger partial charge in [0.05, 0.1) is 6.10 Å². The summed E-state index contributed by atoms with van der Waals surface area (Å²) in [6.45, 7) is 7.28. The summed E-state index contributed by atoms with van der Waals surface area (Å²) in [5, 5.41) is 22.2. The van der Waals surface area contributed by atoms with Crippen molar-refractivity contribution in [2.24, 2.45) is 46.3 Å². The molecule has 4 fully saturated rings. The first-order valence-corrected chi connectivity index (χ1v) is 11.7. The minimum absolute atomic E-state index is 0.118. The maximum Gasteiger partial charge on any atom is 0.0577 e. The maximum atomic E-state index is 11.2. The first-order valence-electron chi connectivity index (χ1n) is 11.7. The molecule has 0 spiro atoms. The summed E-state index contributed by atoms with van der Waals surface area (Å²) in [4.78, 5) is 10.9. The molecule has 0 unspecified atom stereocenters. The zero-order chi connectivity index (χ0) is 19.4. The van der Waals surface area contributed by atoms with Crippen molar-refractivity contribution in [3.8, 4) is 0 Å². The Kier molecular flexibility index (Phi) is 5.15. The Labute approximate surface area is 165 Å². The molecule has 154 valence electrons. The number of fused-ring (bicyclic) bond motifs is 5. The summed E-state index contributed by atoms with van der Waals surface area (Å²) in [5.74, 6) is 2.65. The normalized spacial score (nSPS) is 50.4. The van der Waals surface area contributed by atoms with Gasteiger partial charge in [-0.3, -0.25) is 0 Å². The Morgan fingerprint density at radius 1 is 1.07 bits per heavy atom. The Morgan fingerprint density at radius 2 is 1.81 bits per heavy atom. The van der Waals surface area contributed by atoms with Crippen LogP contribution in [0.25, 0.3) is 0 Å². The fourth-order valence-corrected chi connectivity index (χ4v) is 8.78. The number of aliphatic hydroxyl groups is 1. The van der Waals surface area contributed by atoms with E-state index in [9.17, 15) is 15.0 Å². The van der Waals surface area contributed by atoms with Crippen molar-refractivity contribution in [2.75, 3.05) is 0 Å². The molecule has 0 aromatic heterocycles. The zero-order valence-corrected chi connectivity index (χ0v) is 17.6. The van der Waals surface area contributed by atoms with E-state index >= 15 is 0 Å². The van der Waals surface area contributed by atoms with E-state index < -0.39 is 5.97 Å². The van der Waals surface area contributed by atoms with Gasteiger partial charge in [-0.15, -0.1) is 0 Å². The van der Waals surface area contributed by atoms with E-state index in [0.29, 0.717) is 35.0 Å². The van der Waals surface area contributed by atoms with Gasteiger partial charge in [0.25, 0.3) is 0 Å². The number of carboxylic acids is 1. The highest BCUT2D eigenvalue weighted by Crippen LogP contribution is 2.68. The van der Waals surface area contributed by atoms with Crippen LogP contribution in [0.2, 0.25) is 0 Å². The van der Waals surface area contributed by atoms with E-state index in [1.807, 2.05) is 0 Å². The lowest BCUT2D eigenvalue weighted by Gasteiger charge is -2.62. The molecule has 1 N–H and O–H groups in total. The monoisotopic (exact) mass is 375 g/mol. The van der Waals surface area contributed by atoms with Gasteiger partial charge in [0.1, 0.15) is 0 Å². The van der Waals surface area contributed by atoms with Crippen LogP contribution < -0.4 is 5.11 Å². The van der Waals surface area contributed by atoms with E-state index in [1.54, 1.807) is 0 Å². The second kappa shape index (κ2) is 7.04. The SMILES string of the molecule is C[C@@H](CCC(=O)[O-])[C@H]1CC[C@@H]2[C@H]3[C@H](O)C[C@@H]4CCCC[C@]4(C)[C@H]3CC[C@@]21C. The van der Waals surface area contributed by atoms with Gasteiger partial charge in [0, 0.05) is 5.97 Å². The molecule has 9 atom stereocenters. The molecular formula is C24H39O3-. The Balaban J connectivity index is 1.56. The first-order chi connectivity index (χ1) is 12.8. The summed E-state index contributed by atoms with van der Waals surface area (Å²) in [7, 11) is 0. The summed E-state index contributed by atoms with van der Waals surface area (Å²) < 4.78 is 0. The molecule has 0 amide bonds. The van der Waals surface area contributed by atoms with E-state index in [4.69, 9.17) is 0 Å². The van der Waals surface area contributed by atoms with E-state index in [-0.39, 0.29) is 17.9 Å². The predicted octanol–water partition coefficient (Wildman–Crippen LogP) is 4.17. The summed E-state index contributed by atoms with van der Waals surface area (Å²) in [6.07, 6.45) is 12.2. The predicted molar refractivity (Wildman–Crippen MR) is 105 cm³/mol. The van der Waals surface area contributed by atoms with Crippen molar-refractivity contribution in [3.63, 3.8) is 0 Å². The van der Waals surface area contributed by atoms with Crippen LogP contribution in [0.4, 0.5) is 0 Å². The van der Waals surface area contributed by atoms with Crippen LogP contribution in [0.3, 0.4) is 0 Å². The van der Waals surface area contributed by atoms with Gasteiger partial charge >= 0.3 is 0 Å². The van der Waals surface area contributed by atoms with E-state index in [0.717, 1.165) is 18.8 Å². The van der Waals surface area contributed by atoms with Crippen molar-refractivity contribution in [2.45, 2.75) is 97.5 Å². The fraction of sp³-hybridized carbons (Fsp3) is 0.958. The molecule has 0 saturated heterocycles.